The van der Waals surface area contributed by atoms with Gasteiger partial charge in [-0.05, 0) is 36.8 Å². The Morgan fingerprint density at radius 2 is 1.85 bits per heavy atom. The van der Waals surface area contributed by atoms with E-state index in [1.165, 1.54) is 12.1 Å². The number of carbonyl (C=O) groups is 1. The number of para-hydroxylation sites is 1. The Morgan fingerprint density at radius 1 is 1.15 bits per heavy atom. The summed E-state index contributed by atoms with van der Waals surface area (Å²) in [5.41, 5.74) is 2.68. The van der Waals surface area contributed by atoms with Crippen molar-refractivity contribution in [2.24, 2.45) is 0 Å². The number of carboxylic acids is 1. The molecule has 6 heteroatoms. The first kappa shape index (κ1) is 18.6. The summed E-state index contributed by atoms with van der Waals surface area (Å²) < 4.78 is 15.5. The molecule has 140 valence electrons. The predicted molar refractivity (Wildman–Crippen MR) is 104 cm³/mol. The normalized spacial score (nSPS) is 11.4. The van der Waals surface area contributed by atoms with E-state index in [0.29, 0.717) is 5.82 Å². The molecule has 2 N–H and O–H groups in total. The van der Waals surface area contributed by atoms with Crippen LogP contribution in [-0.4, -0.2) is 20.9 Å². The van der Waals surface area contributed by atoms with Crippen molar-refractivity contribution in [2.75, 3.05) is 5.32 Å². The van der Waals surface area contributed by atoms with Gasteiger partial charge in [0.15, 0.2) is 0 Å². The van der Waals surface area contributed by atoms with Crippen LogP contribution >= 0.6 is 0 Å². The molecule has 0 aliphatic heterocycles. The molecular formula is C21H22FN3O2. The van der Waals surface area contributed by atoms with Crippen LogP contribution in [0.4, 0.5) is 15.9 Å². The lowest BCUT2D eigenvalue weighted by atomic mass is 9.92. The van der Waals surface area contributed by atoms with Gasteiger partial charge in [0.1, 0.15) is 11.6 Å². The molecule has 0 saturated heterocycles. The lowest BCUT2D eigenvalue weighted by Gasteiger charge is -2.14. The number of carboxylic acid groups (broad SMARTS) is 1. The molecule has 0 radical (unpaired) electrons. The average molecular weight is 367 g/mol. The van der Waals surface area contributed by atoms with E-state index in [-0.39, 0.29) is 16.7 Å². The Labute approximate surface area is 157 Å². The van der Waals surface area contributed by atoms with Gasteiger partial charge in [-0.25, -0.2) is 13.9 Å². The summed E-state index contributed by atoms with van der Waals surface area (Å²) in [6, 6.07) is 13.2. The third-order valence-corrected chi connectivity index (χ3v) is 4.30. The van der Waals surface area contributed by atoms with Gasteiger partial charge in [-0.1, -0.05) is 39.0 Å². The molecule has 0 unspecified atom stereocenters. The van der Waals surface area contributed by atoms with E-state index < -0.39 is 11.8 Å². The van der Waals surface area contributed by atoms with Crippen LogP contribution in [0, 0.1) is 12.7 Å². The van der Waals surface area contributed by atoms with Crippen molar-refractivity contribution in [1.29, 1.82) is 0 Å². The maximum absolute atomic E-state index is 13.7. The largest absolute Gasteiger partial charge is 0.478 e. The lowest BCUT2D eigenvalue weighted by molar-refractivity contribution is 0.0698. The Balaban J connectivity index is 2.16. The molecule has 0 aliphatic carbocycles. The summed E-state index contributed by atoms with van der Waals surface area (Å²) in [5, 5.41) is 17.2. The van der Waals surface area contributed by atoms with Crippen LogP contribution < -0.4 is 5.32 Å². The number of aryl methyl sites for hydroxylation is 1. The van der Waals surface area contributed by atoms with E-state index >= 15 is 0 Å². The van der Waals surface area contributed by atoms with Gasteiger partial charge in [0.2, 0.25) is 0 Å². The van der Waals surface area contributed by atoms with Gasteiger partial charge in [-0.15, -0.1) is 0 Å². The summed E-state index contributed by atoms with van der Waals surface area (Å²) in [7, 11) is 0. The molecule has 0 bridgehead atoms. The second-order valence-electron chi connectivity index (χ2n) is 7.48. The van der Waals surface area contributed by atoms with Crippen LogP contribution in [0.15, 0.2) is 48.5 Å². The third-order valence-electron chi connectivity index (χ3n) is 4.30. The van der Waals surface area contributed by atoms with Crippen molar-refractivity contribution in [3.05, 3.63) is 71.2 Å². The van der Waals surface area contributed by atoms with Crippen LogP contribution in [0.3, 0.4) is 0 Å². The SMILES string of the molecule is Cc1ccccc1-n1nc(C(C)(C)C)cc1Nc1cc(F)ccc1C(=O)O. The number of aromatic nitrogens is 2. The first-order valence-corrected chi connectivity index (χ1v) is 8.63. The Hall–Kier alpha value is -3.15. The zero-order valence-electron chi connectivity index (χ0n) is 15.7. The maximum Gasteiger partial charge on any atom is 0.337 e. The number of hydrogen-bond donors (Lipinski definition) is 2. The van der Waals surface area contributed by atoms with Gasteiger partial charge < -0.3 is 10.4 Å². The maximum atomic E-state index is 13.7. The zero-order chi connectivity index (χ0) is 19.8. The van der Waals surface area contributed by atoms with Gasteiger partial charge in [0, 0.05) is 11.5 Å². The van der Waals surface area contributed by atoms with Crippen LogP contribution in [0.5, 0.6) is 0 Å². The Bertz CT molecular complexity index is 1000. The zero-order valence-corrected chi connectivity index (χ0v) is 15.7. The molecule has 0 fully saturated rings. The Kier molecular flexibility index (Phi) is 4.74. The van der Waals surface area contributed by atoms with E-state index in [4.69, 9.17) is 5.10 Å². The quantitative estimate of drug-likeness (QED) is 0.676. The second kappa shape index (κ2) is 6.87. The lowest BCUT2D eigenvalue weighted by Crippen LogP contribution is -2.13. The van der Waals surface area contributed by atoms with Gasteiger partial charge in [-0.2, -0.15) is 5.10 Å². The molecule has 2 aromatic carbocycles. The van der Waals surface area contributed by atoms with Crippen molar-refractivity contribution in [3.8, 4) is 5.69 Å². The highest BCUT2D eigenvalue weighted by molar-refractivity contribution is 5.95. The first-order chi connectivity index (χ1) is 12.7. The summed E-state index contributed by atoms with van der Waals surface area (Å²) in [6.07, 6.45) is 0. The van der Waals surface area contributed by atoms with Crippen LogP contribution in [0.25, 0.3) is 5.69 Å². The standard InChI is InChI=1S/C21H22FN3O2/c1-13-7-5-6-8-17(13)25-19(12-18(24-25)21(2,3)4)23-16-11-14(22)9-10-15(16)20(26)27/h5-12,23H,1-4H3,(H,26,27). The van der Waals surface area contributed by atoms with E-state index in [0.717, 1.165) is 23.0 Å². The third kappa shape index (κ3) is 3.84. The molecule has 1 aromatic heterocycles. The fourth-order valence-corrected chi connectivity index (χ4v) is 2.77. The van der Waals surface area contributed by atoms with Crippen molar-refractivity contribution >= 4 is 17.5 Å². The van der Waals surface area contributed by atoms with Crippen molar-refractivity contribution in [1.82, 2.24) is 9.78 Å². The average Bonchev–Trinajstić information content (AvgIpc) is 2.99. The number of anilines is 2. The minimum Gasteiger partial charge on any atom is -0.478 e. The van der Waals surface area contributed by atoms with E-state index in [1.807, 2.05) is 58.0 Å². The van der Waals surface area contributed by atoms with Crippen LogP contribution in [-0.2, 0) is 5.41 Å². The van der Waals surface area contributed by atoms with Crippen LogP contribution in [0.2, 0.25) is 0 Å². The monoisotopic (exact) mass is 367 g/mol. The summed E-state index contributed by atoms with van der Waals surface area (Å²) in [5.74, 6) is -1.07. The van der Waals surface area contributed by atoms with E-state index in [1.54, 1.807) is 4.68 Å². The molecule has 3 rings (SSSR count). The molecule has 0 saturated carbocycles. The summed E-state index contributed by atoms with van der Waals surface area (Å²) >= 11 is 0. The minimum absolute atomic E-state index is 0.00811. The van der Waals surface area contributed by atoms with E-state index in [2.05, 4.69) is 5.32 Å². The highest BCUT2D eigenvalue weighted by atomic mass is 19.1. The van der Waals surface area contributed by atoms with Gasteiger partial charge in [0.25, 0.3) is 0 Å². The van der Waals surface area contributed by atoms with Gasteiger partial charge in [-0.3, -0.25) is 0 Å². The van der Waals surface area contributed by atoms with Crippen molar-refractivity contribution in [2.45, 2.75) is 33.1 Å². The van der Waals surface area contributed by atoms with Gasteiger partial charge in [0.05, 0.1) is 22.6 Å². The van der Waals surface area contributed by atoms with Crippen LogP contribution in [0.1, 0.15) is 42.4 Å². The molecule has 3 aromatic rings. The summed E-state index contributed by atoms with van der Waals surface area (Å²) in [6.45, 7) is 8.12. The Morgan fingerprint density at radius 3 is 2.48 bits per heavy atom. The number of benzene rings is 2. The topological polar surface area (TPSA) is 67.2 Å². The van der Waals surface area contributed by atoms with E-state index in [9.17, 15) is 14.3 Å². The first-order valence-electron chi connectivity index (χ1n) is 8.63. The molecule has 0 amide bonds. The number of aromatic carboxylic acids is 1. The summed E-state index contributed by atoms with van der Waals surface area (Å²) in [4.78, 5) is 11.5. The van der Waals surface area contributed by atoms with Crippen molar-refractivity contribution < 1.29 is 14.3 Å². The predicted octanol–water partition coefficient (Wildman–Crippen LogP) is 5.06. The molecule has 0 aliphatic rings. The number of rotatable bonds is 4. The van der Waals surface area contributed by atoms with Gasteiger partial charge >= 0.3 is 5.97 Å². The highest BCUT2D eigenvalue weighted by Gasteiger charge is 2.22. The number of halogens is 1. The molecular weight excluding hydrogens is 345 g/mol. The second-order valence-corrected chi connectivity index (χ2v) is 7.48. The molecule has 27 heavy (non-hydrogen) atoms. The molecule has 0 atom stereocenters. The highest BCUT2D eigenvalue weighted by Crippen LogP contribution is 2.30. The fourth-order valence-electron chi connectivity index (χ4n) is 2.77. The number of hydrogen-bond acceptors (Lipinski definition) is 3. The number of nitrogens with zero attached hydrogens (tertiary/aromatic N) is 2. The molecule has 1 heterocycles. The number of nitrogens with one attached hydrogen (secondary N) is 1. The molecule has 0 spiro atoms. The smallest absolute Gasteiger partial charge is 0.337 e. The van der Waals surface area contributed by atoms with Crippen molar-refractivity contribution in [3.63, 3.8) is 0 Å². The fraction of sp³-hybridized carbons (Fsp3) is 0.238. The minimum atomic E-state index is -1.13. The molecule has 5 nitrogen and oxygen atoms in total.